The van der Waals surface area contributed by atoms with Gasteiger partial charge in [0.15, 0.2) is 0 Å². The minimum Gasteiger partial charge on any atom is -0.376 e. The lowest BCUT2D eigenvalue weighted by Crippen LogP contribution is -2.46. The van der Waals surface area contributed by atoms with Crippen molar-refractivity contribution in [2.24, 2.45) is 5.73 Å². The van der Waals surface area contributed by atoms with Gasteiger partial charge in [0.25, 0.3) is 0 Å². The van der Waals surface area contributed by atoms with Crippen LogP contribution in [0, 0.1) is 0 Å². The summed E-state index contributed by atoms with van der Waals surface area (Å²) in [7, 11) is 0. The number of nitrogens with two attached hydrogens (primary N) is 1. The van der Waals surface area contributed by atoms with Crippen LogP contribution >= 0.6 is 0 Å². The van der Waals surface area contributed by atoms with Crippen LogP contribution in [-0.2, 0) is 11.3 Å². The maximum atomic E-state index is 6.02. The van der Waals surface area contributed by atoms with Gasteiger partial charge >= 0.3 is 0 Å². The van der Waals surface area contributed by atoms with Gasteiger partial charge in [-0.25, -0.2) is 4.98 Å². The molecule has 1 aliphatic rings. The standard InChI is InChI=1S/C14H26N4O/c1-3-5-18-11-16-9-14(18)13(8-15)17-6-7-19-12(4-2)10-17/h9,11-13H,3-8,10,15H2,1-2H3. The highest BCUT2D eigenvalue weighted by Crippen LogP contribution is 2.23. The summed E-state index contributed by atoms with van der Waals surface area (Å²) in [5.41, 5.74) is 7.26. The zero-order valence-electron chi connectivity index (χ0n) is 12.1. The summed E-state index contributed by atoms with van der Waals surface area (Å²) in [5, 5.41) is 0. The number of hydrogen-bond donors (Lipinski definition) is 1. The molecule has 1 aliphatic heterocycles. The van der Waals surface area contributed by atoms with E-state index in [4.69, 9.17) is 10.5 Å². The number of aromatic nitrogens is 2. The van der Waals surface area contributed by atoms with Crippen molar-refractivity contribution in [3.8, 4) is 0 Å². The van der Waals surface area contributed by atoms with Crippen LogP contribution in [0.25, 0.3) is 0 Å². The van der Waals surface area contributed by atoms with Crippen LogP contribution in [0.1, 0.15) is 38.4 Å². The van der Waals surface area contributed by atoms with E-state index in [1.54, 1.807) is 0 Å². The number of imidazole rings is 1. The highest BCUT2D eigenvalue weighted by Gasteiger charge is 2.27. The molecular formula is C14H26N4O. The zero-order valence-corrected chi connectivity index (χ0v) is 12.1. The largest absolute Gasteiger partial charge is 0.376 e. The van der Waals surface area contributed by atoms with Gasteiger partial charge in [0.1, 0.15) is 0 Å². The van der Waals surface area contributed by atoms with E-state index < -0.39 is 0 Å². The first-order valence-electron chi connectivity index (χ1n) is 7.35. The Balaban J connectivity index is 2.12. The molecule has 0 spiro atoms. The third-order valence-electron chi connectivity index (χ3n) is 3.84. The van der Waals surface area contributed by atoms with Crippen molar-refractivity contribution in [1.29, 1.82) is 0 Å². The molecule has 1 aromatic heterocycles. The van der Waals surface area contributed by atoms with Crippen molar-refractivity contribution in [3.63, 3.8) is 0 Å². The van der Waals surface area contributed by atoms with Crippen LogP contribution in [0.15, 0.2) is 12.5 Å². The highest BCUT2D eigenvalue weighted by molar-refractivity contribution is 5.07. The average Bonchev–Trinajstić information content (AvgIpc) is 2.89. The molecule has 5 nitrogen and oxygen atoms in total. The second-order valence-corrected chi connectivity index (χ2v) is 5.16. The van der Waals surface area contributed by atoms with Gasteiger partial charge in [-0.2, -0.15) is 0 Å². The van der Waals surface area contributed by atoms with Gasteiger partial charge in [0, 0.05) is 32.4 Å². The van der Waals surface area contributed by atoms with Gasteiger partial charge < -0.3 is 15.0 Å². The molecule has 5 heteroatoms. The Bertz CT molecular complexity index is 379. The predicted octanol–water partition coefficient (Wildman–Crippen LogP) is 1.40. The predicted molar refractivity (Wildman–Crippen MR) is 75.9 cm³/mol. The van der Waals surface area contributed by atoms with Crippen molar-refractivity contribution in [1.82, 2.24) is 14.5 Å². The van der Waals surface area contributed by atoms with E-state index in [9.17, 15) is 0 Å². The molecule has 2 rings (SSSR count). The fourth-order valence-electron chi connectivity index (χ4n) is 2.77. The van der Waals surface area contributed by atoms with Crippen LogP contribution in [0.5, 0.6) is 0 Å². The molecule has 2 atom stereocenters. The number of morpholine rings is 1. The molecule has 1 saturated heterocycles. The summed E-state index contributed by atoms with van der Waals surface area (Å²) in [4.78, 5) is 6.74. The molecule has 2 N–H and O–H groups in total. The molecule has 0 aliphatic carbocycles. The molecule has 1 aromatic rings. The van der Waals surface area contributed by atoms with Gasteiger partial charge in [0.2, 0.25) is 0 Å². The zero-order chi connectivity index (χ0) is 13.7. The minimum atomic E-state index is 0.256. The van der Waals surface area contributed by atoms with Crippen molar-refractivity contribution in [2.45, 2.75) is 45.4 Å². The maximum Gasteiger partial charge on any atom is 0.0948 e. The Morgan fingerprint density at radius 1 is 1.53 bits per heavy atom. The molecular weight excluding hydrogens is 240 g/mol. The molecule has 0 radical (unpaired) electrons. The SMILES string of the molecule is CCCn1cncc1C(CN)N1CCOC(CC)C1. The number of aryl methyl sites for hydroxylation is 1. The first-order valence-corrected chi connectivity index (χ1v) is 7.35. The summed E-state index contributed by atoms with van der Waals surface area (Å²) in [6.45, 7) is 8.72. The Morgan fingerprint density at radius 2 is 2.37 bits per heavy atom. The summed E-state index contributed by atoms with van der Waals surface area (Å²) in [6.07, 6.45) is 6.39. The van der Waals surface area contributed by atoms with Crippen LogP contribution < -0.4 is 5.73 Å². The van der Waals surface area contributed by atoms with E-state index in [0.29, 0.717) is 12.6 Å². The normalized spacial score (nSPS) is 22.6. The molecule has 108 valence electrons. The molecule has 1 fully saturated rings. The fraction of sp³-hybridized carbons (Fsp3) is 0.786. The molecule has 2 heterocycles. The van der Waals surface area contributed by atoms with E-state index in [0.717, 1.165) is 39.1 Å². The number of hydrogen-bond acceptors (Lipinski definition) is 4. The average molecular weight is 266 g/mol. The first-order chi connectivity index (χ1) is 9.30. The van der Waals surface area contributed by atoms with Crippen molar-refractivity contribution >= 4 is 0 Å². The topological polar surface area (TPSA) is 56.3 Å². The Morgan fingerprint density at radius 3 is 3.05 bits per heavy atom. The minimum absolute atomic E-state index is 0.256. The van der Waals surface area contributed by atoms with Gasteiger partial charge in [0.05, 0.1) is 30.8 Å². The molecule has 0 aromatic carbocycles. The van der Waals surface area contributed by atoms with Gasteiger partial charge in [-0.3, -0.25) is 4.90 Å². The van der Waals surface area contributed by atoms with E-state index in [1.165, 1.54) is 5.69 Å². The van der Waals surface area contributed by atoms with Crippen molar-refractivity contribution in [2.75, 3.05) is 26.2 Å². The lowest BCUT2D eigenvalue weighted by atomic mass is 10.1. The molecule has 2 unspecified atom stereocenters. The second kappa shape index (κ2) is 7.03. The number of ether oxygens (including phenoxy) is 1. The number of rotatable bonds is 6. The lowest BCUT2D eigenvalue weighted by molar-refractivity contribution is -0.0447. The quantitative estimate of drug-likeness (QED) is 0.845. The molecule has 0 amide bonds. The van der Waals surface area contributed by atoms with Crippen LogP contribution in [0.3, 0.4) is 0 Å². The van der Waals surface area contributed by atoms with E-state index in [1.807, 2.05) is 12.5 Å². The molecule has 19 heavy (non-hydrogen) atoms. The smallest absolute Gasteiger partial charge is 0.0948 e. The Hall–Kier alpha value is -0.910. The van der Waals surface area contributed by atoms with Gasteiger partial charge in [-0.1, -0.05) is 13.8 Å². The van der Waals surface area contributed by atoms with Gasteiger partial charge in [-0.15, -0.1) is 0 Å². The Labute approximate surface area is 115 Å². The summed E-state index contributed by atoms with van der Waals surface area (Å²) < 4.78 is 7.97. The summed E-state index contributed by atoms with van der Waals surface area (Å²) in [6, 6.07) is 0.256. The molecule has 0 saturated carbocycles. The second-order valence-electron chi connectivity index (χ2n) is 5.16. The van der Waals surface area contributed by atoms with Crippen LogP contribution in [-0.4, -0.2) is 46.8 Å². The van der Waals surface area contributed by atoms with Crippen LogP contribution in [0.4, 0.5) is 0 Å². The van der Waals surface area contributed by atoms with E-state index in [-0.39, 0.29) is 6.04 Å². The highest BCUT2D eigenvalue weighted by atomic mass is 16.5. The summed E-state index contributed by atoms with van der Waals surface area (Å²) >= 11 is 0. The fourth-order valence-corrected chi connectivity index (χ4v) is 2.77. The van der Waals surface area contributed by atoms with E-state index >= 15 is 0 Å². The maximum absolute atomic E-state index is 6.02. The number of nitrogens with zero attached hydrogens (tertiary/aromatic N) is 3. The summed E-state index contributed by atoms with van der Waals surface area (Å²) in [5.74, 6) is 0. The first kappa shape index (κ1) is 14.5. The lowest BCUT2D eigenvalue weighted by Gasteiger charge is -2.37. The van der Waals surface area contributed by atoms with E-state index in [2.05, 4.69) is 28.3 Å². The van der Waals surface area contributed by atoms with Crippen molar-refractivity contribution in [3.05, 3.63) is 18.2 Å². The van der Waals surface area contributed by atoms with Crippen LogP contribution in [0.2, 0.25) is 0 Å². The van der Waals surface area contributed by atoms with Crippen molar-refractivity contribution < 1.29 is 4.74 Å². The Kier molecular flexibility index (Phi) is 5.36. The molecule has 0 bridgehead atoms. The van der Waals surface area contributed by atoms with Gasteiger partial charge in [-0.05, 0) is 12.8 Å². The third kappa shape index (κ3) is 3.35. The third-order valence-corrected chi connectivity index (χ3v) is 3.84. The monoisotopic (exact) mass is 266 g/mol.